The number of aryl methyl sites for hydroxylation is 1. The van der Waals surface area contributed by atoms with Gasteiger partial charge in [-0.2, -0.15) is 0 Å². The highest BCUT2D eigenvalue weighted by Gasteiger charge is 2.15. The molecule has 2 aromatic carbocycles. The molecule has 0 saturated heterocycles. The monoisotopic (exact) mass is 338 g/mol. The van der Waals surface area contributed by atoms with Gasteiger partial charge in [-0.25, -0.2) is 4.39 Å². The first-order valence-electron chi connectivity index (χ1n) is 8.19. The summed E-state index contributed by atoms with van der Waals surface area (Å²) in [6, 6.07) is 17.5. The van der Waals surface area contributed by atoms with Crippen molar-refractivity contribution in [1.82, 2.24) is 10.5 Å². The Morgan fingerprint density at radius 1 is 1.16 bits per heavy atom. The normalized spacial score (nSPS) is 11.9. The predicted molar refractivity (Wildman–Crippen MR) is 93.6 cm³/mol. The summed E-state index contributed by atoms with van der Waals surface area (Å²) >= 11 is 0. The fraction of sp³-hybridized carbons (Fsp3) is 0.200. The molecule has 1 unspecified atom stereocenters. The Morgan fingerprint density at radius 3 is 2.60 bits per heavy atom. The van der Waals surface area contributed by atoms with Crippen molar-refractivity contribution in [2.45, 2.75) is 25.8 Å². The van der Waals surface area contributed by atoms with E-state index in [0.29, 0.717) is 11.3 Å². The van der Waals surface area contributed by atoms with E-state index in [1.54, 1.807) is 18.2 Å². The Balaban J connectivity index is 1.57. The first-order valence-corrected chi connectivity index (χ1v) is 8.19. The van der Waals surface area contributed by atoms with Crippen molar-refractivity contribution in [2.24, 2.45) is 0 Å². The van der Waals surface area contributed by atoms with Gasteiger partial charge in [-0.1, -0.05) is 35.5 Å². The summed E-state index contributed by atoms with van der Waals surface area (Å²) in [6.45, 7) is 1.96. The van der Waals surface area contributed by atoms with Crippen LogP contribution >= 0.6 is 0 Å². The molecule has 1 aromatic heterocycles. The second kappa shape index (κ2) is 7.75. The molecule has 1 heterocycles. The van der Waals surface area contributed by atoms with Gasteiger partial charge < -0.3 is 9.84 Å². The van der Waals surface area contributed by atoms with Crippen molar-refractivity contribution in [3.63, 3.8) is 0 Å². The van der Waals surface area contributed by atoms with Crippen molar-refractivity contribution < 1.29 is 13.7 Å². The lowest BCUT2D eigenvalue weighted by Crippen LogP contribution is -2.33. The zero-order chi connectivity index (χ0) is 17.6. The van der Waals surface area contributed by atoms with Crippen molar-refractivity contribution in [1.29, 1.82) is 0 Å². The minimum atomic E-state index is -0.325. The number of nitrogens with zero attached hydrogens (tertiary/aromatic N) is 1. The van der Waals surface area contributed by atoms with Gasteiger partial charge in [-0.15, -0.1) is 0 Å². The summed E-state index contributed by atoms with van der Waals surface area (Å²) in [7, 11) is 0. The van der Waals surface area contributed by atoms with Crippen LogP contribution in [0, 0.1) is 5.82 Å². The maximum atomic E-state index is 13.0. The van der Waals surface area contributed by atoms with Crippen LogP contribution in [0.1, 0.15) is 29.4 Å². The standard InChI is InChI=1S/C20H19FN2O2/c1-14(7-8-15-5-3-2-4-6-15)22-20(24)18-13-19(25-23-18)16-9-11-17(21)12-10-16/h2-6,9-14H,7-8H2,1H3,(H,22,24). The van der Waals surface area contributed by atoms with Gasteiger partial charge in [0.2, 0.25) is 0 Å². The molecule has 1 amide bonds. The molecule has 4 nitrogen and oxygen atoms in total. The van der Waals surface area contributed by atoms with Gasteiger partial charge in [0, 0.05) is 17.7 Å². The molecule has 1 N–H and O–H groups in total. The Morgan fingerprint density at radius 2 is 1.88 bits per heavy atom. The molecule has 0 bridgehead atoms. The lowest BCUT2D eigenvalue weighted by atomic mass is 10.1. The van der Waals surface area contributed by atoms with Crippen LogP contribution in [0.5, 0.6) is 0 Å². The summed E-state index contributed by atoms with van der Waals surface area (Å²) in [4.78, 5) is 12.3. The molecule has 0 spiro atoms. The summed E-state index contributed by atoms with van der Waals surface area (Å²) in [6.07, 6.45) is 1.72. The summed E-state index contributed by atoms with van der Waals surface area (Å²) < 4.78 is 18.2. The third kappa shape index (κ3) is 4.53. The van der Waals surface area contributed by atoms with Gasteiger partial charge in [0.15, 0.2) is 11.5 Å². The van der Waals surface area contributed by atoms with E-state index in [9.17, 15) is 9.18 Å². The summed E-state index contributed by atoms with van der Waals surface area (Å²) in [5.74, 6) is -0.173. The van der Waals surface area contributed by atoms with E-state index < -0.39 is 0 Å². The quantitative estimate of drug-likeness (QED) is 0.732. The Hall–Kier alpha value is -2.95. The topological polar surface area (TPSA) is 55.1 Å². The molecule has 3 rings (SSSR count). The molecule has 0 radical (unpaired) electrons. The van der Waals surface area contributed by atoms with Crippen molar-refractivity contribution in [2.75, 3.05) is 0 Å². The molecule has 0 aliphatic rings. The number of aromatic nitrogens is 1. The Kier molecular flexibility index (Phi) is 5.23. The molecule has 25 heavy (non-hydrogen) atoms. The minimum Gasteiger partial charge on any atom is -0.355 e. The molecule has 128 valence electrons. The van der Waals surface area contributed by atoms with Crippen LogP contribution in [-0.2, 0) is 6.42 Å². The van der Waals surface area contributed by atoms with Crippen LogP contribution in [0.4, 0.5) is 4.39 Å². The molecule has 0 fully saturated rings. The highest BCUT2D eigenvalue weighted by Crippen LogP contribution is 2.20. The van der Waals surface area contributed by atoms with Crippen LogP contribution in [0.3, 0.4) is 0 Å². The number of amides is 1. The van der Waals surface area contributed by atoms with E-state index in [0.717, 1.165) is 12.8 Å². The van der Waals surface area contributed by atoms with E-state index in [2.05, 4.69) is 22.6 Å². The first-order chi connectivity index (χ1) is 12.1. The number of hydrogen-bond acceptors (Lipinski definition) is 3. The van der Waals surface area contributed by atoms with Gasteiger partial charge >= 0.3 is 0 Å². The molecular weight excluding hydrogens is 319 g/mol. The van der Waals surface area contributed by atoms with E-state index in [4.69, 9.17) is 4.52 Å². The third-order valence-electron chi connectivity index (χ3n) is 3.96. The number of hydrogen-bond donors (Lipinski definition) is 1. The SMILES string of the molecule is CC(CCc1ccccc1)NC(=O)c1cc(-c2ccc(F)cc2)on1. The largest absolute Gasteiger partial charge is 0.355 e. The minimum absolute atomic E-state index is 0.0127. The Bertz CT molecular complexity index is 828. The van der Waals surface area contributed by atoms with Crippen molar-refractivity contribution >= 4 is 5.91 Å². The highest BCUT2D eigenvalue weighted by molar-refractivity contribution is 5.93. The van der Waals surface area contributed by atoms with Crippen LogP contribution in [-0.4, -0.2) is 17.1 Å². The number of halogens is 1. The van der Waals surface area contributed by atoms with Crippen LogP contribution in [0.15, 0.2) is 65.2 Å². The van der Waals surface area contributed by atoms with E-state index in [1.165, 1.54) is 17.7 Å². The van der Waals surface area contributed by atoms with Gasteiger partial charge in [-0.3, -0.25) is 4.79 Å². The van der Waals surface area contributed by atoms with E-state index >= 15 is 0 Å². The zero-order valence-electron chi connectivity index (χ0n) is 13.9. The fourth-order valence-corrected chi connectivity index (χ4v) is 2.53. The highest BCUT2D eigenvalue weighted by atomic mass is 19.1. The van der Waals surface area contributed by atoms with Crippen LogP contribution in [0.2, 0.25) is 0 Å². The number of carbonyl (C=O) groups is 1. The van der Waals surface area contributed by atoms with Gasteiger partial charge in [0.1, 0.15) is 5.82 Å². The molecule has 3 aromatic rings. The predicted octanol–water partition coefficient (Wildman–Crippen LogP) is 4.23. The van der Waals surface area contributed by atoms with Crippen LogP contribution < -0.4 is 5.32 Å². The van der Waals surface area contributed by atoms with E-state index in [1.807, 2.05) is 25.1 Å². The number of nitrogens with one attached hydrogen (secondary N) is 1. The van der Waals surface area contributed by atoms with Gasteiger partial charge in [-0.05, 0) is 49.6 Å². The second-order valence-corrected chi connectivity index (χ2v) is 5.98. The number of carbonyl (C=O) groups excluding carboxylic acids is 1. The van der Waals surface area contributed by atoms with Gasteiger partial charge in [0.05, 0.1) is 0 Å². The average molecular weight is 338 g/mol. The average Bonchev–Trinajstić information content (AvgIpc) is 3.12. The number of benzene rings is 2. The summed E-state index contributed by atoms with van der Waals surface area (Å²) in [5, 5.41) is 6.72. The lowest BCUT2D eigenvalue weighted by molar-refractivity contribution is 0.0929. The smallest absolute Gasteiger partial charge is 0.273 e. The Labute approximate surface area is 145 Å². The second-order valence-electron chi connectivity index (χ2n) is 5.98. The lowest BCUT2D eigenvalue weighted by Gasteiger charge is -2.12. The maximum absolute atomic E-state index is 13.0. The maximum Gasteiger partial charge on any atom is 0.273 e. The summed E-state index contributed by atoms with van der Waals surface area (Å²) in [5.41, 5.74) is 2.12. The molecule has 5 heteroatoms. The van der Waals surface area contributed by atoms with Crippen molar-refractivity contribution in [3.8, 4) is 11.3 Å². The third-order valence-corrected chi connectivity index (χ3v) is 3.96. The van der Waals surface area contributed by atoms with Gasteiger partial charge in [0.25, 0.3) is 5.91 Å². The number of rotatable bonds is 6. The van der Waals surface area contributed by atoms with Crippen molar-refractivity contribution in [3.05, 3.63) is 77.7 Å². The molecule has 0 aliphatic heterocycles. The fourth-order valence-electron chi connectivity index (χ4n) is 2.53. The molecule has 1 atom stereocenters. The molecular formula is C20H19FN2O2. The van der Waals surface area contributed by atoms with Crippen LogP contribution in [0.25, 0.3) is 11.3 Å². The van der Waals surface area contributed by atoms with E-state index in [-0.39, 0.29) is 23.5 Å². The molecule has 0 saturated carbocycles. The molecule has 0 aliphatic carbocycles. The zero-order valence-corrected chi connectivity index (χ0v) is 13.9. The first kappa shape index (κ1) is 16.9.